The van der Waals surface area contributed by atoms with E-state index >= 15 is 0 Å². The predicted molar refractivity (Wildman–Crippen MR) is 71.1 cm³/mol. The van der Waals surface area contributed by atoms with E-state index in [1.54, 1.807) is 0 Å². The molecule has 0 heterocycles. The average Bonchev–Trinajstić information content (AvgIpc) is 2.66. The molecule has 0 aromatic heterocycles. The number of halogens is 1. The van der Waals surface area contributed by atoms with Gasteiger partial charge in [0.05, 0.1) is 0 Å². The van der Waals surface area contributed by atoms with Crippen LogP contribution in [0.25, 0.3) is 0 Å². The van der Waals surface area contributed by atoms with E-state index in [1.807, 2.05) is 6.07 Å². The highest BCUT2D eigenvalue weighted by Gasteiger charge is 2.35. The Balaban J connectivity index is 2.31. The van der Waals surface area contributed by atoms with Crippen LogP contribution in [0.5, 0.6) is 0 Å². The maximum absolute atomic E-state index is 6.12. The number of hydrogen-bond donors (Lipinski definition) is 0. The lowest BCUT2D eigenvalue weighted by Crippen LogP contribution is -2.24. The summed E-state index contributed by atoms with van der Waals surface area (Å²) < 4.78 is 0. The van der Waals surface area contributed by atoms with E-state index in [1.165, 1.54) is 37.7 Å². The Hall–Kier alpha value is -0.490. The van der Waals surface area contributed by atoms with Crippen molar-refractivity contribution in [1.29, 1.82) is 0 Å². The first-order valence-electron chi connectivity index (χ1n) is 6.38. The van der Waals surface area contributed by atoms with Crippen LogP contribution in [0.4, 0.5) is 0 Å². The van der Waals surface area contributed by atoms with Gasteiger partial charge >= 0.3 is 0 Å². The second kappa shape index (κ2) is 4.79. The van der Waals surface area contributed by atoms with Crippen molar-refractivity contribution < 1.29 is 0 Å². The molecule has 1 saturated carbocycles. The van der Waals surface area contributed by atoms with Gasteiger partial charge in [0.2, 0.25) is 0 Å². The van der Waals surface area contributed by atoms with Gasteiger partial charge in [-0.2, -0.15) is 0 Å². The Kier molecular flexibility index (Phi) is 3.59. The third kappa shape index (κ3) is 2.43. The van der Waals surface area contributed by atoms with E-state index in [-0.39, 0.29) is 0 Å². The molecular formula is C15H21Cl. The topological polar surface area (TPSA) is 0 Å². The average molecular weight is 237 g/mol. The van der Waals surface area contributed by atoms with Crippen LogP contribution in [0.1, 0.15) is 51.5 Å². The minimum atomic E-state index is 0.416. The van der Waals surface area contributed by atoms with Crippen LogP contribution in [-0.2, 0) is 5.41 Å². The summed E-state index contributed by atoms with van der Waals surface area (Å²) in [7, 11) is 0. The molecule has 0 atom stereocenters. The summed E-state index contributed by atoms with van der Waals surface area (Å²) in [4.78, 5) is 0. The van der Waals surface area contributed by atoms with Crippen LogP contribution in [0.2, 0.25) is 5.02 Å². The summed E-state index contributed by atoms with van der Waals surface area (Å²) in [5, 5.41) is 0.882. The van der Waals surface area contributed by atoms with Crippen molar-refractivity contribution in [3.8, 4) is 0 Å². The summed E-state index contributed by atoms with van der Waals surface area (Å²) >= 11 is 6.12. The summed E-state index contributed by atoms with van der Waals surface area (Å²) in [6, 6.07) is 8.51. The molecule has 0 bridgehead atoms. The maximum Gasteiger partial charge on any atom is 0.0408 e. The number of rotatable bonds is 3. The fraction of sp³-hybridized carbons (Fsp3) is 0.600. The summed E-state index contributed by atoms with van der Waals surface area (Å²) in [6.45, 7) is 4.65. The highest BCUT2D eigenvalue weighted by molar-refractivity contribution is 6.30. The molecule has 0 amide bonds. The molecule has 88 valence electrons. The molecule has 1 aromatic carbocycles. The Morgan fingerprint density at radius 1 is 1.25 bits per heavy atom. The van der Waals surface area contributed by atoms with Crippen molar-refractivity contribution in [2.75, 3.05) is 0 Å². The fourth-order valence-electron chi connectivity index (χ4n) is 3.26. The number of hydrogen-bond acceptors (Lipinski definition) is 0. The minimum absolute atomic E-state index is 0.416. The second-order valence-electron chi connectivity index (χ2n) is 5.60. The van der Waals surface area contributed by atoms with E-state index in [0.717, 1.165) is 10.9 Å². The zero-order valence-corrected chi connectivity index (χ0v) is 11.1. The molecule has 0 N–H and O–H groups in total. The van der Waals surface area contributed by atoms with Gasteiger partial charge in [-0.3, -0.25) is 0 Å². The van der Waals surface area contributed by atoms with Crippen molar-refractivity contribution in [1.82, 2.24) is 0 Å². The zero-order valence-electron chi connectivity index (χ0n) is 10.3. The van der Waals surface area contributed by atoms with E-state index in [0.29, 0.717) is 5.41 Å². The van der Waals surface area contributed by atoms with Gasteiger partial charge in [-0.05, 0) is 48.3 Å². The smallest absolute Gasteiger partial charge is 0.0408 e. The first-order valence-corrected chi connectivity index (χ1v) is 6.76. The quantitative estimate of drug-likeness (QED) is 0.677. The minimum Gasteiger partial charge on any atom is -0.0843 e. The van der Waals surface area contributed by atoms with E-state index in [9.17, 15) is 0 Å². The fourth-order valence-corrected chi connectivity index (χ4v) is 3.45. The van der Waals surface area contributed by atoms with Crippen LogP contribution in [-0.4, -0.2) is 0 Å². The van der Waals surface area contributed by atoms with Crippen molar-refractivity contribution in [3.05, 3.63) is 34.9 Å². The maximum atomic E-state index is 6.12. The highest BCUT2D eigenvalue weighted by Crippen LogP contribution is 2.45. The van der Waals surface area contributed by atoms with Gasteiger partial charge in [-0.15, -0.1) is 0 Å². The molecule has 1 heteroatoms. The van der Waals surface area contributed by atoms with E-state index < -0.39 is 0 Å². The van der Waals surface area contributed by atoms with Gasteiger partial charge in [0.1, 0.15) is 0 Å². The molecule has 0 saturated heterocycles. The third-order valence-corrected chi connectivity index (χ3v) is 4.03. The summed E-state index contributed by atoms with van der Waals surface area (Å²) in [5.74, 6) is 0.761. The molecule has 16 heavy (non-hydrogen) atoms. The van der Waals surface area contributed by atoms with Crippen LogP contribution >= 0.6 is 11.6 Å². The van der Waals surface area contributed by atoms with Crippen molar-refractivity contribution in [2.45, 2.75) is 51.4 Å². The normalized spacial score (nSPS) is 19.2. The van der Waals surface area contributed by atoms with Crippen LogP contribution in [0.15, 0.2) is 24.3 Å². The van der Waals surface area contributed by atoms with Crippen molar-refractivity contribution in [3.63, 3.8) is 0 Å². The molecule has 0 radical (unpaired) electrons. The molecule has 1 aromatic rings. The highest BCUT2D eigenvalue weighted by atomic mass is 35.5. The molecular weight excluding hydrogens is 216 g/mol. The van der Waals surface area contributed by atoms with Gasteiger partial charge in [0.25, 0.3) is 0 Å². The van der Waals surface area contributed by atoms with Crippen molar-refractivity contribution >= 4 is 11.6 Å². The first-order chi connectivity index (χ1) is 7.62. The molecule has 0 unspecified atom stereocenters. The van der Waals surface area contributed by atoms with Gasteiger partial charge in [0.15, 0.2) is 0 Å². The van der Waals surface area contributed by atoms with Gasteiger partial charge in [-0.1, -0.05) is 50.4 Å². The Morgan fingerprint density at radius 2 is 1.94 bits per heavy atom. The molecule has 1 aliphatic carbocycles. The first kappa shape index (κ1) is 12.0. The summed E-state index contributed by atoms with van der Waals surface area (Å²) in [5.41, 5.74) is 1.88. The predicted octanol–water partition coefficient (Wildman–Crippen LogP) is 5.20. The molecule has 1 aliphatic rings. The largest absolute Gasteiger partial charge is 0.0843 e. The lowest BCUT2D eigenvalue weighted by molar-refractivity contribution is 0.347. The molecule has 2 rings (SSSR count). The Morgan fingerprint density at radius 3 is 2.50 bits per heavy atom. The van der Waals surface area contributed by atoms with E-state index in [4.69, 9.17) is 11.6 Å². The Labute approximate surface area is 104 Å². The van der Waals surface area contributed by atoms with Crippen LogP contribution in [0.3, 0.4) is 0 Å². The molecule has 0 aliphatic heterocycles. The van der Waals surface area contributed by atoms with Crippen LogP contribution in [0, 0.1) is 5.92 Å². The second-order valence-corrected chi connectivity index (χ2v) is 6.03. The SMILES string of the molecule is CC(C)CC1(c2cccc(Cl)c2)CCCC1. The number of benzene rings is 1. The van der Waals surface area contributed by atoms with Crippen molar-refractivity contribution in [2.24, 2.45) is 5.92 Å². The lowest BCUT2D eigenvalue weighted by atomic mass is 9.73. The summed E-state index contributed by atoms with van der Waals surface area (Å²) in [6.07, 6.45) is 6.73. The molecule has 1 fully saturated rings. The monoisotopic (exact) mass is 236 g/mol. The molecule has 0 nitrogen and oxygen atoms in total. The van der Waals surface area contributed by atoms with Crippen LogP contribution < -0.4 is 0 Å². The van der Waals surface area contributed by atoms with E-state index in [2.05, 4.69) is 32.0 Å². The Bertz CT molecular complexity index is 348. The molecule has 0 spiro atoms. The van der Waals surface area contributed by atoms with Gasteiger partial charge in [0, 0.05) is 5.02 Å². The lowest BCUT2D eigenvalue weighted by Gasteiger charge is -2.31. The van der Waals surface area contributed by atoms with Gasteiger partial charge < -0.3 is 0 Å². The zero-order chi connectivity index (χ0) is 11.6. The standard InChI is InChI=1S/C15H21Cl/c1-12(2)11-15(8-3-4-9-15)13-6-5-7-14(16)10-13/h5-7,10,12H,3-4,8-9,11H2,1-2H3. The van der Waals surface area contributed by atoms with Gasteiger partial charge in [-0.25, -0.2) is 0 Å². The third-order valence-electron chi connectivity index (χ3n) is 3.80.